The number of aliphatic hydroxyl groups is 4. The summed E-state index contributed by atoms with van der Waals surface area (Å²) in [6, 6.07) is -1.01. The van der Waals surface area contributed by atoms with Gasteiger partial charge < -0.3 is 25.7 Å². The summed E-state index contributed by atoms with van der Waals surface area (Å²) < 4.78 is 0. The number of rotatable bonds is 51. The molecule has 0 aromatic heterocycles. The van der Waals surface area contributed by atoms with Gasteiger partial charge in [0.15, 0.2) is 0 Å². The summed E-state index contributed by atoms with van der Waals surface area (Å²) in [5.41, 5.74) is 0. The Bertz CT molecular complexity index is 997. The molecule has 6 nitrogen and oxygen atoms in total. The highest BCUT2D eigenvalue weighted by atomic mass is 16.3. The van der Waals surface area contributed by atoms with Gasteiger partial charge in [0.25, 0.3) is 0 Å². The fourth-order valence-electron chi connectivity index (χ4n) is 8.67. The highest BCUT2D eigenvalue weighted by molar-refractivity contribution is 5.80. The van der Waals surface area contributed by atoms with Crippen LogP contribution < -0.4 is 5.32 Å². The molecule has 1 amide bonds. The zero-order chi connectivity index (χ0) is 45.9. The van der Waals surface area contributed by atoms with Crippen LogP contribution in [0.4, 0.5) is 0 Å². The molecule has 0 aromatic rings. The Morgan fingerprint density at radius 1 is 0.381 bits per heavy atom. The zero-order valence-electron chi connectivity index (χ0n) is 42.1. The Balaban J connectivity index is 3.71. The first-order chi connectivity index (χ1) is 31.0. The van der Waals surface area contributed by atoms with Gasteiger partial charge in [-0.15, -0.1) is 0 Å². The summed E-state index contributed by atoms with van der Waals surface area (Å²) in [5.74, 6) is -0.595. The molecule has 0 aliphatic rings. The summed E-state index contributed by atoms with van der Waals surface area (Å²) in [6.45, 7) is 4.07. The van der Waals surface area contributed by atoms with Crippen molar-refractivity contribution >= 4 is 5.91 Å². The molecule has 0 spiro atoms. The van der Waals surface area contributed by atoms with Gasteiger partial charge in [0, 0.05) is 0 Å². The van der Waals surface area contributed by atoms with Gasteiger partial charge in [0.1, 0.15) is 12.2 Å². The van der Waals surface area contributed by atoms with Crippen molar-refractivity contribution in [1.29, 1.82) is 0 Å². The molecule has 4 atom stereocenters. The number of amides is 1. The Hall–Kier alpha value is -1.47. The van der Waals surface area contributed by atoms with Crippen molar-refractivity contribution in [3.8, 4) is 0 Å². The fraction of sp³-hybridized carbons (Fsp3) is 0.877. The number of unbranched alkanes of at least 4 members (excludes halogenated alkanes) is 36. The van der Waals surface area contributed by atoms with E-state index < -0.39 is 36.9 Å². The molecule has 0 aromatic carbocycles. The van der Waals surface area contributed by atoms with E-state index in [1.807, 2.05) is 0 Å². The summed E-state index contributed by atoms with van der Waals surface area (Å²) in [5, 5.41) is 43.9. The van der Waals surface area contributed by atoms with E-state index in [1.54, 1.807) is 0 Å². The minimum absolute atomic E-state index is 0.362. The van der Waals surface area contributed by atoms with Crippen LogP contribution in [0.2, 0.25) is 0 Å². The van der Waals surface area contributed by atoms with E-state index in [2.05, 4.69) is 55.6 Å². The topological polar surface area (TPSA) is 110 Å². The first-order valence-corrected chi connectivity index (χ1v) is 27.9. The SMILES string of the molecule is CCCCCCCCCCCCCCCC/C=C/CC/C=C/CC/C=C/CCCC(O)C(O)C(CO)NC(=O)C(O)CCCCCCCCCCCCCCCCCCCCCC. The fourth-order valence-corrected chi connectivity index (χ4v) is 8.67. The molecule has 0 bridgehead atoms. The number of hydrogen-bond donors (Lipinski definition) is 5. The van der Waals surface area contributed by atoms with Crippen LogP contribution in [-0.2, 0) is 4.79 Å². The van der Waals surface area contributed by atoms with Gasteiger partial charge in [-0.3, -0.25) is 4.79 Å². The lowest BCUT2D eigenvalue weighted by atomic mass is 10.00. The second kappa shape index (κ2) is 51.5. The summed E-state index contributed by atoms with van der Waals surface area (Å²) in [4.78, 5) is 12.6. The number of carbonyl (C=O) groups excluding carboxylic acids is 1. The second-order valence-electron chi connectivity index (χ2n) is 19.3. The van der Waals surface area contributed by atoms with Crippen LogP contribution in [0.1, 0.15) is 290 Å². The Morgan fingerprint density at radius 2 is 0.667 bits per heavy atom. The molecular formula is C57H109NO5. The van der Waals surface area contributed by atoms with Gasteiger partial charge in [0.05, 0.1) is 18.8 Å². The minimum Gasteiger partial charge on any atom is -0.394 e. The molecule has 0 aliphatic carbocycles. The van der Waals surface area contributed by atoms with Gasteiger partial charge >= 0.3 is 0 Å². The highest BCUT2D eigenvalue weighted by Gasteiger charge is 2.28. The third kappa shape index (κ3) is 45.5. The standard InChI is InChI=1S/C57H109NO5/c1-3-5-7-9-11-13-15-17-19-21-23-25-26-27-28-29-30-31-33-34-36-38-40-42-44-46-48-50-54(60)56(62)53(52-59)58-57(63)55(61)51-49-47-45-43-41-39-37-35-32-24-22-20-18-16-14-12-10-8-6-4-2/h29-30,34,36,42,44,53-56,59-62H,3-28,31-33,35,37-41,43,45-52H2,1-2H3,(H,58,63)/b30-29+,36-34+,44-42+. The van der Waals surface area contributed by atoms with Crippen LogP contribution in [0.25, 0.3) is 0 Å². The predicted molar refractivity (Wildman–Crippen MR) is 274 cm³/mol. The minimum atomic E-state index is -1.29. The lowest BCUT2D eigenvalue weighted by Crippen LogP contribution is -2.53. The van der Waals surface area contributed by atoms with Crippen molar-refractivity contribution in [2.75, 3.05) is 6.61 Å². The van der Waals surface area contributed by atoms with Crippen molar-refractivity contribution < 1.29 is 25.2 Å². The van der Waals surface area contributed by atoms with E-state index in [0.29, 0.717) is 19.3 Å². The molecule has 6 heteroatoms. The molecule has 4 unspecified atom stereocenters. The van der Waals surface area contributed by atoms with E-state index in [0.717, 1.165) is 51.4 Å². The average Bonchev–Trinajstić information content (AvgIpc) is 3.29. The van der Waals surface area contributed by atoms with Gasteiger partial charge in [-0.05, 0) is 64.2 Å². The zero-order valence-corrected chi connectivity index (χ0v) is 42.1. The highest BCUT2D eigenvalue weighted by Crippen LogP contribution is 2.17. The van der Waals surface area contributed by atoms with Crippen molar-refractivity contribution in [2.24, 2.45) is 0 Å². The van der Waals surface area contributed by atoms with Crippen LogP contribution in [0.3, 0.4) is 0 Å². The maximum Gasteiger partial charge on any atom is 0.249 e. The summed E-state index contributed by atoms with van der Waals surface area (Å²) in [7, 11) is 0. The third-order valence-corrected chi connectivity index (χ3v) is 13.1. The van der Waals surface area contributed by atoms with E-state index in [-0.39, 0.29) is 0 Å². The molecule has 0 aliphatic heterocycles. The number of hydrogen-bond acceptors (Lipinski definition) is 5. The number of nitrogens with one attached hydrogen (secondary N) is 1. The monoisotopic (exact) mass is 888 g/mol. The van der Waals surface area contributed by atoms with Crippen molar-refractivity contribution in [3.63, 3.8) is 0 Å². The molecule has 0 fully saturated rings. The third-order valence-electron chi connectivity index (χ3n) is 13.1. The summed E-state index contributed by atoms with van der Waals surface area (Å²) >= 11 is 0. The Labute approximate surface area is 392 Å². The van der Waals surface area contributed by atoms with Crippen molar-refractivity contribution in [3.05, 3.63) is 36.5 Å². The second-order valence-corrected chi connectivity index (χ2v) is 19.3. The van der Waals surface area contributed by atoms with Gasteiger partial charge in [-0.2, -0.15) is 0 Å². The number of carbonyl (C=O) groups is 1. The Morgan fingerprint density at radius 3 is 1.00 bits per heavy atom. The Kier molecular flexibility index (Phi) is 50.3. The van der Waals surface area contributed by atoms with Gasteiger partial charge in [-0.25, -0.2) is 0 Å². The molecule has 0 heterocycles. The maximum atomic E-state index is 12.6. The molecule has 0 rings (SSSR count). The van der Waals surface area contributed by atoms with E-state index in [4.69, 9.17) is 0 Å². The smallest absolute Gasteiger partial charge is 0.249 e. The molecule has 5 N–H and O–H groups in total. The van der Waals surface area contributed by atoms with Crippen LogP contribution in [0.5, 0.6) is 0 Å². The normalized spacial score (nSPS) is 14.1. The van der Waals surface area contributed by atoms with Gasteiger partial charge in [0.2, 0.25) is 5.91 Å². The lowest BCUT2D eigenvalue weighted by molar-refractivity contribution is -0.132. The first-order valence-electron chi connectivity index (χ1n) is 27.9. The molecule has 0 saturated heterocycles. The van der Waals surface area contributed by atoms with E-state index >= 15 is 0 Å². The summed E-state index contributed by atoms with van der Waals surface area (Å²) in [6.07, 6.45) is 63.5. The largest absolute Gasteiger partial charge is 0.394 e. The predicted octanol–water partition coefficient (Wildman–Crippen LogP) is 16.0. The molecule has 372 valence electrons. The molecular weight excluding hydrogens is 779 g/mol. The maximum absolute atomic E-state index is 12.6. The first kappa shape index (κ1) is 61.5. The van der Waals surface area contributed by atoms with E-state index in [9.17, 15) is 25.2 Å². The van der Waals surface area contributed by atoms with Gasteiger partial charge in [-0.1, -0.05) is 262 Å². The lowest BCUT2D eigenvalue weighted by Gasteiger charge is -2.27. The molecule has 0 saturated carbocycles. The van der Waals surface area contributed by atoms with Crippen LogP contribution in [0.15, 0.2) is 36.5 Å². The van der Waals surface area contributed by atoms with Crippen LogP contribution >= 0.6 is 0 Å². The van der Waals surface area contributed by atoms with E-state index in [1.165, 1.54) is 205 Å². The number of aliphatic hydroxyl groups excluding tert-OH is 4. The number of allylic oxidation sites excluding steroid dienone is 6. The molecule has 63 heavy (non-hydrogen) atoms. The van der Waals surface area contributed by atoms with Crippen molar-refractivity contribution in [2.45, 2.75) is 314 Å². The van der Waals surface area contributed by atoms with Crippen LogP contribution in [-0.4, -0.2) is 57.3 Å². The van der Waals surface area contributed by atoms with Crippen molar-refractivity contribution in [1.82, 2.24) is 5.32 Å². The quantitative estimate of drug-likeness (QED) is 0.0309. The molecule has 0 radical (unpaired) electrons. The van der Waals surface area contributed by atoms with Crippen LogP contribution in [0, 0.1) is 0 Å². The average molecular weight is 889 g/mol.